The van der Waals surface area contributed by atoms with E-state index in [0.717, 1.165) is 29.7 Å². The number of amides is 1. The van der Waals surface area contributed by atoms with Gasteiger partial charge in [-0.15, -0.1) is 0 Å². The Balaban J connectivity index is 2.00. The van der Waals surface area contributed by atoms with E-state index in [-0.39, 0.29) is 11.8 Å². The quantitative estimate of drug-likeness (QED) is 0.793. The van der Waals surface area contributed by atoms with Crippen LogP contribution >= 0.6 is 0 Å². The second-order valence-electron chi connectivity index (χ2n) is 4.79. The van der Waals surface area contributed by atoms with E-state index >= 15 is 0 Å². The average Bonchev–Trinajstić information content (AvgIpc) is 2.40. The highest BCUT2D eigenvalue weighted by atomic mass is 16.1. The Labute approximate surface area is 112 Å². The molecule has 2 N–H and O–H groups in total. The summed E-state index contributed by atoms with van der Waals surface area (Å²) in [6, 6.07) is 7.72. The van der Waals surface area contributed by atoms with Gasteiger partial charge in [-0.1, -0.05) is 17.7 Å². The Morgan fingerprint density at radius 1 is 1.37 bits per heavy atom. The first-order valence-electron chi connectivity index (χ1n) is 6.35. The van der Waals surface area contributed by atoms with E-state index in [4.69, 9.17) is 0 Å². The lowest BCUT2D eigenvalue weighted by atomic mass is 9.79. The maximum Gasteiger partial charge on any atom is 0.251 e. The van der Waals surface area contributed by atoms with Crippen molar-refractivity contribution in [3.63, 3.8) is 0 Å². The number of allylic oxidation sites excluding steroid dienone is 1. The molecule has 0 aromatic heterocycles. The molecule has 1 atom stereocenters. The molecule has 1 amide bonds. The van der Waals surface area contributed by atoms with E-state index in [9.17, 15) is 9.59 Å². The second-order valence-corrected chi connectivity index (χ2v) is 4.79. The molecule has 100 valence electrons. The number of carbonyl (C=O) groups is 2. The smallest absolute Gasteiger partial charge is 0.251 e. The van der Waals surface area contributed by atoms with Gasteiger partial charge in [0.1, 0.15) is 6.29 Å². The van der Waals surface area contributed by atoms with Gasteiger partial charge in [0.15, 0.2) is 0 Å². The molecule has 4 nitrogen and oxygen atoms in total. The van der Waals surface area contributed by atoms with Gasteiger partial charge >= 0.3 is 0 Å². The Bertz CT molecular complexity index is 517. The van der Waals surface area contributed by atoms with Crippen molar-refractivity contribution in [1.29, 1.82) is 0 Å². The lowest BCUT2D eigenvalue weighted by molar-refractivity contribution is -0.114. The first-order chi connectivity index (χ1) is 9.15. The number of rotatable bonds is 5. The van der Waals surface area contributed by atoms with Crippen molar-refractivity contribution in [1.82, 2.24) is 5.32 Å². The van der Waals surface area contributed by atoms with Gasteiger partial charge < -0.3 is 15.4 Å². The molecule has 0 aliphatic heterocycles. The van der Waals surface area contributed by atoms with E-state index < -0.39 is 0 Å². The molecule has 0 radical (unpaired) electrons. The molecule has 19 heavy (non-hydrogen) atoms. The summed E-state index contributed by atoms with van der Waals surface area (Å²) in [5.74, 6) is -0.171. The van der Waals surface area contributed by atoms with Gasteiger partial charge in [-0.25, -0.2) is 0 Å². The first kappa shape index (κ1) is 13.5. The predicted octanol–water partition coefficient (Wildman–Crippen LogP) is 1.88. The number of benzene rings is 1. The van der Waals surface area contributed by atoms with Crippen molar-refractivity contribution in [3.8, 4) is 0 Å². The third kappa shape index (κ3) is 2.90. The van der Waals surface area contributed by atoms with Gasteiger partial charge in [0.2, 0.25) is 0 Å². The van der Waals surface area contributed by atoms with Crippen LogP contribution in [0.5, 0.6) is 0 Å². The first-order valence-corrected chi connectivity index (χ1v) is 6.35. The lowest BCUT2D eigenvalue weighted by Crippen LogP contribution is -2.27. The summed E-state index contributed by atoms with van der Waals surface area (Å²) >= 11 is 0. The molecule has 2 rings (SSSR count). The zero-order valence-corrected chi connectivity index (χ0v) is 11.2. The molecule has 1 aromatic rings. The molecule has 1 unspecified atom stereocenters. The molecule has 1 aromatic carbocycles. The highest BCUT2D eigenvalue weighted by molar-refractivity contribution is 6.06. The average molecular weight is 258 g/mol. The summed E-state index contributed by atoms with van der Waals surface area (Å²) in [6.45, 7) is 2.65. The fourth-order valence-electron chi connectivity index (χ4n) is 2.17. The maximum absolute atomic E-state index is 12.0. The third-order valence-corrected chi connectivity index (χ3v) is 3.49. The fraction of sp³-hybridized carbons (Fsp3) is 0.333. The Morgan fingerprint density at radius 3 is 2.58 bits per heavy atom. The second kappa shape index (κ2) is 5.80. The van der Waals surface area contributed by atoms with Crippen molar-refractivity contribution >= 4 is 17.9 Å². The standard InChI is InChI=1S/C15H18N2O2/c1-10-12(9-18)7-14(10)15(19)17-13-5-3-11(4-6-13)8-16-2/h3-6,9,12,16H,7-8H2,1-2H3,(H,17,19). The molecule has 1 aliphatic rings. The summed E-state index contributed by atoms with van der Waals surface area (Å²) in [5, 5.41) is 5.93. The van der Waals surface area contributed by atoms with E-state index in [1.54, 1.807) is 0 Å². The highest BCUT2D eigenvalue weighted by Gasteiger charge is 2.30. The van der Waals surface area contributed by atoms with Crippen LogP contribution in [-0.4, -0.2) is 19.2 Å². The normalized spacial score (nSPS) is 17.9. The SMILES string of the molecule is CNCc1ccc(NC(=O)C2=C(C)C(C=O)C2)cc1. The summed E-state index contributed by atoms with van der Waals surface area (Å²) in [5.41, 5.74) is 3.57. The Hall–Kier alpha value is -1.94. The monoisotopic (exact) mass is 258 g/mol. The molecule has 0 spiro atoms. The summed E-state index contributed by atoms with van der Waals surface area (Å²) < 4.78 is 0. The van der Waals surface area contributed by atoms with Crippen LogP contribution in [0.4, 0.5) is 5.69 Å². The van der Waals surface area contributed by atoms with Gasteiger partial charge in [0.05, 0.1) is 0 Å². The van der Waals surface area contributed by atoms with Gasteiger partial charge in [-0.3, -0.25) is 4.79 Å². The van der Waals surface area contributed by atoms with Crippen molar-refractivity contribution in [2.24, 2.45) is 5.92 Å². The third-order valence-electron chi connectivity index (χ3n) is 3.49. The Morgan fingerprint density at radius 2 is 2.05 bits per heavy atom. The Kier molecular flexibility index (Phi) is 4.12. The zero-order chi connectivity index (χ0) is 13.8. The predicted molar refractivity (Wildman–Crippen MR) is 74.7 cm³/mol. The number of hydrogen-bond acceptors (Lipinski definition) is 3. The van der Waals surface area contributed by atoms with Gasteiger partial charge in [-0.2, -0.15) is 0 Å². The van der Waals surface area contributed by atoms with E-state index in [1.807, 2.05) is 38.2 Å². The van der Waals surface area contributed by atoms with Crippen LogP contribution in [-0.2, 0) is 16.1 Å². The summed E-state index contributed by atoms with van der Waals surface area (Å²) in [7, 11) is 1.89. The van der Waals surface area contributed by atoms with Crippen LogP contribution in [0.1, 0.15) is 18.9 Å². The number of carbonyl (C=O) groups excluding carboxylic acids is 2. The molecular weight excluding hydrogens is 240 g/mol. The molecule has 0 saturated carbocycles. The molecule has 1 aliphatic carbocycles. The molecule has 0 fully saturated rings. The van der Waals surface area contributed by atoms with Gasteiger partial charge in [0.25, 0.3) is 5.91 Å². The molecule has 0 heterocycles. The largest absolute Gasteiger partial charge is 0.322 e. The number of anilines is 1. The van der Waals surface area contributed by atoms with E-state index in [2.05, 4.69) is 10.6 Å². The van der Waals surface area contributed by atoms with Crippen molar-refractivity contribution in [2.75, 3.05) is 12.4 Å². The minimum atomic E-state index is -0.100. The van der Waals surface area contributed by atoms with Crippen LogP contribution in [0.2, 0.25) is 0 Å². The molecule has 0 bridgehead atoms. The topological polar surface area (TPSA) is 58.2 Å². The highest BCUT2D eigenvalue weighted by Crippen LogP contribution is 2.33. The molecule has 0 saturated heterocycles. The van der Waals surface area contributed by atoms with Crippen LogP contribution in [0.25, 0.3) is 0 Å². The van der Waals surface area contributed by atoms with Gasteiger partial charge in [0, 0.05) is 23.7 Å². The van der Waals surface area contributed by atoms with Crippen LogP contribution in [0, 0.1) is 5.92 Å². The summed E-state index contributed by atoms with van der Waals surface area (Å²) in [4.78, 5) is 22.6. The zero-order valence-electron chi connectivity index (χ0n) is 11.2. The number of aldehydes is 1. The van der Waals surface area contributed by atoms with Crippen LogP contribution < -0.4 is 10.6 Å². The summed E-state index contributed by atoms with van der Waals surface area (Å²) in [6.07, 6.45) is 1.46. The fourth-order valence-corrected chi connectivity index (χ4v) is 2.17. The van der Waals surface area contributed by atoms with Crippen molar-refractivity contribution < 1.29 is 9.59 Å². The lowest BCUT2D eigenvalue weighted by Gasteiger charge is -2.26. The van der Waals surface area contributed by atoms with Crippen molar-refractivity contribution in [3.05, 3.63) is 41.0 Å². The van der Waals surface area contributed by atoms with Crippen LogP contribution in [0.3, 0.4) is 0 Å². The van der Waals surface area contributed by atoms with Crippen molar-refractivity contribution in [2.45, 2.75) is 19.9 Å². The maximum atomic E-state index is 12.0. The number of hydrogen-bond donors (Lipinski definition) is 2. The van der Waals surface area contributed by atoms with E-state index in [0.29, 0.717) is 6.42 Å². The molecular formula is C15H18N2O2. The minimum Gasteiger partial charge on any atom is -0.322 e. The van der Waals surface area contributed by atoms with E-state index in [1.165, 1.54) is 5.56 Å². The van der Waals surface area contributed by atoms with Gasteiger partial charge in [-0.05, 0) is 38.1 Å². The number of nitrogens with one attached hydrogen (secondary N) is 2. The molecule has 4 heteroatoms. The minimum absolute atomic E-state index is 0.0706. The van der Waals surface area contributed by atoms with Crippen LogP contribution in [0.15, 0.2) is 35.4 Å².